The van der Waals surface area contributed by atoms with E-state index in [9.17, 15) is 14.7 Å². The van der Waals surface area contributed by atoms with Crippen molar-refractivity contribution in [1.82, 2.24) is 0 Å². The van der Waals surface area contributed by atoms with Gasteiger partial charge in [0.2, 0.25) is 0 Å². The van der Waals surface area contributed by atoms with Crippen LogP contribution in [0.2, 0.25) is 0 Å². The van der Waals surface area contributed by atoms with Crippen molar-refractivity contribution in [3.63, 3.8) is 0 Å². The Morgan fingerprint density at radius 3 is 2.25 bits per heavy atom. The molecule has 112 valence electrons. The average molecular weight is 284 g/mol. The minimum Gasteiger partial charge on any atom is -0.481 e. The summed E-state index contributed by atoms with van der Waals surface area (Å²) in [5.41, 5.74) is -0.901. The van der Waals surface area contributed by atoms with Crippen molar-refractivity contribution in [2.24, 2.45) is 29.1 Å². The molecule has 0 aromatic carbocycles. The highest BCUT2D eigenvalue weighted by Gasteiger charge is 2.52. The second-order valence-electron chi connectivity index (χ2n) is 6.07. The first-order valence-corrected chi connectivity index (χ1v) is 6.71. The molecule has 0 saturated heterocycles. The lowest BCUT2D eigenvalue weighted by Crippen LogP contribution is -2.38. The summed E-state index contributed by atoms with van der Waals surface area (Å²) in [5, 5.41) is 27.6. The number of hydrogen-bond acceptors (Lipinski definition) is 5. The molecule has 2 aliphatic carbocycles. The van der Waals surface area contributed by atoms with Crippen LogP contribution in [0.1, 0.15) is 13.3 Å². The molecule has 20 heavy (non-hydrogen) atoms. The van der Waals surface area contributed by atoms with Gasteiger partial charge in [0, 0.05) is 5.41 Å². The first kappa shape index (κ1) is 15.0. The zero-order chi connectivity index (χ0) is 14.9. The SMILES string of the molecule is CC(CO)(CO)COC(=O)C1C2C=CC(C2)C1C(=O)O. The standard InChI is InChI=1S/C14H20O6/c1-14(5-15,6-16)7-20-13(19)11-9-3-2-8(4-9)10(11)12(17)18/h2-3,8-11,15-16H,4-7H2,1H3,(H,17,18). The molecule has 0 radical (unpaired) electrons. The molecule has 0 aromatic rings. The number of aliphatic carboxylic acids is 1. The summed E-state index contributed by atoms with van der Waals surface area (Å²) in [6.45, 7) is 0.851. The lowest BCUT2D eigenvalue weighted by Gasteiger charge is -2.27. The normalized spacial score (nSPS) is 31.6. The number of carbonyl (C=O) groups is 2. The number of aliphatic hydroxyl groups is 2. The van der Waals surface area contributed by atoms with Gasteiger partial charge in [-0.15, -0.1) is 0 Å². The van der Waals surface area contributed by atoms with Crippen molar-refractivity contribution >= 4 is 11.9 Å². The van der Waals surface area contributed by atoms with Gasteiger partial charge in [-0.3, -0.25) is 9.59 Å². The van der Waals surface area contributed by atoms with Crippen molar-refractivity contribution in [3.05, 3.63) is 12.2 Å². The van der Waals surface area contributed by atoms with Crippen LogP contribution in [0.5, 0.6) is 0 Å². The third-order valence-electron chi connectivity index (χ3n) is 4.34. The molecular weight excluding hydrogens is 264 g/mol. The third kappa shape index (κ3) is 2.58. The molecule has 0 amide bonds. The van der Waals surface area contributed by atoms with E-state index in [0.29, 0.717) is 6.42 Å². The maximum absolute atomic E-state index is 12.1. The van der Waals surface area contributed by atoms with Crippen LogP contribution >= 0.6 is 0 Å². The molecule has 4 atom stereocenters. The van der Waals surface area contributed by atoms with Crippen molar-refractivity contribution < 1.29 is 29.6 Å². The summed E-state index contributed by atoms with van der Waals surface area (Å²) in [7, 11) is 0. The maximum Gasteiger partial charge on any atom is 0.310 e. The van der Waals surface area contributed by atoms with Crippen LogP contribution in [0.25, 0.3) is 0 Å². The highest BCUT2D eigenvalue weighted by atomic mass is 16.5. The van der Waals surface area contributed by atoms with Gasteiger partial charge in [-0.1, -0.05) is 19.1 Å². The molecule has 6 heteroatoms. The fourth-order valence-electron chi connectivity index (χ4n) is 2.96. The molecule has 2 bridgehead atoms. The number of esters is 1. The minimum atomic E-state index is -0.976. The molecule has 1 fully saturated rings. The Labute approximate surface area is 117 Å². The zero-order valence-corrected chi connectivity index (χ0v) is 11.4. The van der Waals surface area contributed by atoms with Crippen LogP contribution in [0, 0.1) is 29.1 Å². The number of hydrogen-bond donors (Lipinski definition) is 3. The summed E-state index contributed by atoms with van der Waals surface area (Å²) in [5.74, 6) is -3.10. The lowest BCUT2D eigenvalue weighted by atomic mass is 9.83. The Bertz CT molecular complexity index is 425. The molecule has 1 saturated carbocycles. The van der Waals surface area contributed by atoms with Crippen LogP contribution in [-0.4, -0.2) is 47.1 Å². The number of ether oxygens (including phenoxy) is 1. The Morgan fingerprint density at radius 2 is 1.75 bits per heavy atom. The number of rotatable bonds is 6. The third-order valence-corrected chi connectivity index (χ3v) is 4.34. The quantitative estimate of drug-likeness (QED) is 0.470. The van der Waals surface area contributed by atoms with E-state index in [1.54, 1.807) is 6.92 Å². The molecular formula is C14H20O6. The van der Waals surface area contributed by atoms with Gasteiger partial charge in [-0.05, 0) is 18.3 Å². The summed E-state index contributed by atoms with van der Waals surface area (Å²) in [4.78, 5) is 23.4. The van der Waals surface area contributed by atoms with E-state index in [1.807, 2.05) is 12.2 Å². The zero-order valence-electron chi connectivity index (χ0n) is 11.4. The summed E-state index contributed by atoms with van der Waals surface area (Å²) in [6.07, 6.45) is 4.42. The van der Waals surface area contributed by atoms with Crippen molar-refractivity contribution in [1.29, 1.82) is 0 Å². The van der Waals surface area contributed by atoms with Gasteiger partial charge in [0.1, 0.15) is 6.61 Å². The number of fused-ring (bicyclic) bond motifs is 2. The largest absolute Gasteiger partial charge is 0.481 e. The Hall–Kier alpha value is -1.40. The van der Waals surface area contributed by atoms with E-state index in [1.165, 1.54) is 0 Å². The minimum absolute atomic E-state index is 0.0805. The van der Waals surface area contributed by atoms with Crippen molar-refractivity contribution in [2.75, 3.05) is 19.8 Å². The average Bonchev–Trinajstić information content (AvgIpc) is 3.04. The fraction of sp³-hybridized carbons (Fsp3) is 0.714. The van der Waals surface area contributed by atoms with Crippen LogP contribution in [0.3, 0.4) is 0 Å². The van der Waals surface area contributed by atoms with Gasteiger partial charge in [0.15, 0.2) is 0 Å². The smallest absolute Gasteiger partial charge is 0.310 e. The number of carboxylic acid groups (broad SMARTS) is 1. The first-order valence-electron chi connectivity index (χ1n) is 6.71. The van der Waals surface area contributed by atoms with Gasteiger partial charge in [-0.2, -0.15) is 0 Å². The summed E-state index contributed by atoms with van der Waals surface area (Å²) < 4.78 is 5.15. The predicted molar refractivity (Wildman–Crippen MR) is 68.6 cm³/mol. The van der Waals surface area contributed by atoms with Gasteiger partial charge < -0.3 is 20.1 Å². The molecule has 2 rings (SSSR count). The molecule has 6 nitrogen and oxygen atoms in total. The van der Waals surface area contributed by atoms with E-state index in [4.69, 9.17) is 14.9 Å². The molecule has 0 heterocycles. The van der Waals surface area contributed by atoms with E-state index in [2.05, 4.69) is 0 Å². The van der Waals surface area contributed by atoms with Gasteiger partial charge in [0.25, 0.3) is 0 Å². The highest BCUT2D eigenvalue weighted by molar-refractivity contribution is 5.83. The Kier molecular flexibility index (Phi) is 4.15. The number of carbonyl (C=O) groups excluding carboxylic acids is 1. The van der Waals surface area contributed by atoms with Crippen LogP contribution < -0.4 is 0 Å². The molecule has 0 spiro atoms. The number of aliphatic hydroxyl groups excluding tert-OH is 2. The first-order chi connectivity index (χ1) is 9.41. The van der Waals surface area contributed by atoms with Crippen LogP contribution in [-0.2, 0) is 14.3 Å². The topological polar surface area (TPSA) is 104 Å². The van der Waals surface area contributed by atoms with Crippen molar-refractivity contribution in [2.45, 2.75) is 13.3 Å². The number of allylic oxidation sites excluding steroid dienone is 2. The summed E-state index contributed by atoms with van der Waals surface area (Å²) in [6, 6.07) is 0. The molecule has 3 N–H and O–H groups in total. The lowest BCUT2D eigenvalue weighted by molar-refractivity contribution is -0.162. The van der Waals surface area contributed by atoms with Crippen LogP contribution in [0.15, 0.2) is 12.2 Å². The van der Waals surface area contributed by atoms with E-state index < -0.39 is 29.2 Å². The van der Waals surface area contributed by atoms with Crippen molar-refractivity contribution in [3.8, 4) is 0 Å². The van der Waals surface area contributed by atoms with Gasteiger partial charge >= 0.3 is 11.9 Å². The van der Waals surface area contributed by atoms with E-state index >= 15 is 0 Å². The predicted octanol–water partition coefficient (Wildman–Crippen LogP) is 0.0434. The second-order valence-corrected chi connectivity index (χ2v) is 6.07. The Morgan fingerprint density at radius 1 is 1.20 bits per heavy atom. The van der Waals surface area contributed by atoms with E-state index in [0.717, 1.165) is 0 Å². The van der Waals surface area contributed by atoms with E-state index in [-0.39, 0.29) is 31.7 Å². The fourth-order valence-corrected chi connectivity index (χ4v) is 2.96. The molecule has 4 unspecified atom stereocenters. The molecule has 0 aliphatic heterocycles. The Balaban J connectivity index is 2.02. The van der Waals surface area contributed by atoms with Gasteiger partial charge in [0.05, 0.1) is 25.0 Å². The molecule has 2 aliphatic rings. The summed E-state index contributed by atoms with van der Waals surface area (Å²) >= 11 is 0. The highest BCUT2D eigenvalue weighted by Crippen LogP contribution is 2.48. The number of carboxylic acids is 1. The maximum atomic E-state index is 12.1. The van der Waals surface area contributed by atoms with Gasteiger partial charge in [-0.25, -0.2) is 0 Å². The monoisotopic (exact) mass is 284 g/mol. The second kappa shape index (κ2) is 5.54. The molecule has 0 aromatic heterocycles. The van der Waals surface area contributed by atoms with Crippen LogP contribution in [0.4, 0.5) is 0 Å².